The monoisotopic (exact) mass is 410 g/mol. The molecule has 0 saturated heterocycles. The molecule has 0 bridgehead atoms. The predicted octanol–water partition coefficient (Wildman–Crippen LogP) is 3.91. The minimum Gasteiger partial charge on any atom is -0.465 e. The Kier molecular flexibility index (Phi) is 3.96. The summed E-state index contributed by atoms with van der Waals surface area (Å²) in [4.78, 5) is 19.2. The Bertz CT molecular complexity index is 1460. The van der Waals surface area contributed by atoms with E-state index in [0.29, 0.717) is 10.3 Å². The minimum atomic E-state index is -0.135. The molecular formula is C25H18N2O2S. The third kappa shape index (κ3) is 2.66. The van der Waals surface area contributed by atoms with Crippen molar-refractivity contribution in [2.45, 2.75) is 18.9 Å². The lowest BCUT2D eigenvalue weighted by Gasteiger charge is -2.30. The van der Waals surface area contributed by atoms with Crippen LogP contribution >= 0.6 is 11.3 Å². The van der Waals surface area contributed by atoms with Crippen molar-refractivity contribution in [3.63, 3.8) is 0 Å². The second kappa shape index (κ2) is 6.82. The second-order valence-electron chi connectivity index (χ2n) is 7.54. The number of aromatic nitrogens is 1. The van der Waals surface area contributed by atoms with Crippen LogP contribution in [0.5, 0.6) is 0 Å². The summed E-state index contributed by atoms with van der Waals surface area (Å²) in [6.45, 7) is 0. The molecule has 4 nitrogen and oxygen atoms in total. The first-order valence-electron chi connectivity index (χ1n) is 10.0. The van der Waals surface area contributed by atoms with Crippen LogP contribution in [0.2, 0.25) is 0 Å². The molecule has 2 aromatic carbocycles. The van der Waals surface area contributed by atoms with E-state index in [0.717, 1.165) is 28.9 Å². The van der Waals surface area contributed by atoms with E-state index in [9.17, 15) is 4.79 Å². The lowest BCUT2D eigenvalue weighted by Crippen LogP contribution is -2.38. The van der Waals surface area contributed by atoms with Crippen LogP contribution in [0.25, 0.3) is 11.8 Å². The van der Waals surface area contributed by atoms with Crippen molar-refractivity contribution >= 4 is 23.1 Å². The van der Waals surface area contributed by atoms with Gasteiger partial charge in [-0.05, 0) is 41.7 Å². The molecule has 1 atom stereocenters. The Morgan fingerprint density at radius 3 is 2.67 bits per heavy atom. The quantitative estimate of drug-likeness (QED) is 0.503. The molecule has 1 aliphatic heterocycles. The first-order valence-corrected chi connectivity index (χ1v) is 10.8. The summed E-state index contributed by atoms with van der Waals surface area (Å²) in [5.74, 6) is 0.672. The van der Waals surface area contributed by atoms with E-state index in [1.807, 2.05) is 41.0 Å². The largest absolute Gasteiger partial charge is 0.465 e. The SMILES string of the molecule is O=c1/c(=C/c2ccco2)sc2n1[C@@H](c1ccccc1)C1=C(N=2)c2ccccc2CC1. The molecule has 0 saturated carbocycles. The third-order valence-electron chi connectivity index (χ3n) is 5.80. The molecule has 2 aromatic heterocycles. The van der Waals surface area contributed by atoms with Crippen LogP contribution in [0.3, 0.4) is 0 Å². The number of furan rings is 1. The van der Waals surface area contributed by atoms with Gasteiger partial charge < -0.3 is 4.42 Å². The molecule has 4 aromatic rings. The van der Waals surface area contributed by atoms with E-state index in [2.05, 4.69) is 36.4 Å². The Balaban J connectivity index is 1.66. The van der Waals surface area contributed by atoms with Crippen molar-refractivity contribution in [2.24, 2.45) is 4.99 Å². The Morgan fingerprint density at radius 2 is 1.83 bits per heavy atom. The topological polar surface area (TPSA) is 47.5 Å². The fourth-order valence-corrected chi connectivity index (χ4v) is 5.44. The van der Waals surface area contributed by atoms with E-state index in [1.165, 1.54) is 28.0 Å². The van der Waals surface area contributed by atoms with E-state index in [4.69, 9.17) is 9.41 Å². The van der Waals surface area contributed by atoms with Gasteiger partial charge in [0.15, 0.2) is 4.80 Å². The van der Waals surface area contributed by atoms with Crippen molar-refractivity contribution < 1.29 is 4.42 Å². The van der Waals surface area contributed by atoms with Crippen LogP contribution in [0.15, 0.2) is 92.8 Å². The number of fused-ring (bicyclic) bond motifs is 3. The minimum absolute atomic E-state index is 0.0191. The van der Waals surface area contributed by atoms with Gasteiger partial charge >= 0.3 is 0 Å². The zero-order chi connectivity index (χ0) is 20.1. The van der Waals surface area contributed by atoms with Gasteiger partial charge in [-0.15, -0.1) is 0 Å². The molecule has 2 aliphatic rings. The number of thiazole rings is 1. The van der Waals surface area contributed by atoms with Gasteiger partial charge in [0.05, 0.1) is 22.5 Å². The molecular weight excluding hydrogens is 392 g/mol. The van der Waals surface area contributed by atoms with Gasteiger partial charge in [-0.3, -0.25) is 9.36 Å². The average Bonchev–Trinajstić information content (AvgIpc) is 3.41. The van der Waals surface area contributed by atoms with Gasteiger partial charge in [-0.1, -0.05) is 65.9 Å². The van der Waals surface area contributed by atoms with Gasteiger partial charge in [-0.2, -0.15) is 0 Å². The molecule has 30 heavy (non-hydrogen) atoms. The molecule has 0 amide bonds. The molecule has 5 heteroatoms. The molecule has 146 valence electrons. The maximum absolute atomic E-state index is 13.5. The first-order chi connectivity index (χ1) is 14.8. The zero-order valence-corrected chi connectivity index (χ0v) is 16.9. The van der Waals surface area contributed by atoms with Crippen molar-refractivity contribution in [1.82, 2.24) is 4.57 Å². The molecule has 1 aliphatic carbocycles. The molecule has 0 spiro atoms. The van der Waals surface area contributed by atoms with Gasteiger partial charge in [0.1, 0.15) is 5.76 Å². The lowest BCUT2D eigenvalue weighted by molar-refractivity contribution is 0.556. The Hall–Kier alpha value is -3.44. The van der Waals surface area contributed by atoms with E-state index >= 15 is 0 Å². The highest BCUT2D eigenvalue weighted by molar-refractivity contribution is 7.07. The van der Waals surface area contributed by atoms with E-state index in [-0.39, 0.29) is 11.6 Å². The summed E-state index contributed by atoms with van der Waals surface area (Å²) in [5, 5.41) is 0. The summed E-state index contributed by atoms with van der Waals surface area (Å²) in [5.41, 5.74) is 5.85. The Labute approximate surface area is 176 Å². The summed E-state index contributed by atoms with van der Waals surface area (Å²) in [6, 6.07) is 22.3. The molecule has 0 N–H and O–H groups in total. The van der Waals surface area contributed by atoms with Crippen LogP contribution in [0, 0.1) is 0 Å². The zero-order valence-electron chi connectivity index (χ0n) is 16.1. The van der Waals surface area contributed by atoms with Gasteiger partial charge in [0.25, 0.3) is 5.56 Å². The fraction of sp³-hybridized carbons (Fsp3) is 0.120. The second-order valence-corrected chi connectivity index (χ2v) is 8.55. The number of allylic oxidation sites excluding steroid dienone is 1. The van der Waals surface area contributed by atoms with Crippen LogP contribution in [0.1, 0.15) is 34.9 Å². The van der Waals surface area contributed by atoms with Crippen LogP contribution in [-0.2, 0) is 6.42 Å². The normalized spacial score (nSPS) is 17.9. The predicted molar refractivity (Wildman–Crippen MR) is 118 cm³/mol. The van der Waals surface area contributed by atoms with Gasteiger partial charge in [0, 0.05) is 11.6 Å². The summed E-state index contributed by atoms with van der Waals surface area (Å²) in [7, 11) is 0. The Morgan fingerprint density at radius 1 is 1.00 bits per heavy atom. The van der Waals surface area contributed by atoms with Crippen molar-refractivity contribution in [1.29, 1.82) is 0 Å². The van der Waals surface area contributed by atoms with Gasteiger partial charge in [-0.25, -0.2) is 4.99 Å². The van der Waals surface area contributed by atoms with Crippen molar-refractivity contribution in [3.8, 4) is 0 Å². The highest BCUT2D eigenvalue weighted by Crippen LogP contribution is 2.41. The third-order valence-corrected chi connectivity index (χ3v) is 6.79. The first kappa shape index (κ1) is 17.4. The maximum atomic E-state index is 13.5. The van der Waals surface area contributed by atoms with Crippen LogP contribution < -0.4 is 14.9 Å². The molecule has 0 unspecified atom stereocenters. The number of rotatable bonds is 2. The standard InChI is InChI=1S/C25H18N2O2S/c28-24-21(15-18-10-6-14-29-18)30-25-26-22-19-11-5-4-7-16(19)12-13-20(22)23(27(24)25)17-8-2-1-3-9-17/h1-11,14-15,23H,12-13H2/b21-15-/t23-/m0/s1. The maximum Gasteiger partial charge on any atom is 0.271 e. The van der Waals surface area contributed by atoms with Crippen molar-refractivity contribution in [3.05, 3.63) is 121 Å². The highest BCUT2D eigenvalue weighted by atomic mass is 32.1. The van der Waals surface area contributed by atoms with Crippen LogP contribution in [-0.4, -0.2) is 4.57 Å². The smallest absolute Gasteiger partial charge is 0.271 e. The fourth-order valence-electron chi connectivity index (χ4n) is 4.46. The molecule has 3 heterocycles. The number of hydrogen-bond donors (Lipinski definition) is 0. The lowest BCUT2D eigenvalue weighted by atomic mass is 9.83. The van der Waals surface area contributed by atoms with E-state index < -0.39 is 0 Å². The molecule has 0 fully saturated rings. The highest BCUT2D eigenvalue weighted by Gasteiger charge is 2.32. The van der Waals surface area contributed by atoms with Crippen molar-refractivity contribution in [2.75, 3.05) is 0 Å². The number of benzene rings is 2. The number of nitrogens with zero attached hydrogens (tertiary/aromatic N) is 2. The van der Waals surface area contributed by atoms with Crippen LogP contribution in [0.4, 0.5) is 0 Å². The summed E-state index contributed by atoms with van der Waals surface area (Å²) in [6.07, 6.45) is 5.29. The molecule has 6 rings (SSSR count). The average molecular weight is 410 g/mol. The number of aryl methyl sites for hydroxylation is 1. The van der Waals surface area contributed by atoms with Gasteiger partial charge in [0.2, 0.25) is 0 Å². The summed E-state index contributed by atoms with van der Waals surface area (Å²) < 4.78 is 7.94. The molecule has 0 radical (unpaired) electrons. The number of hydrogen-bond acceptors (Lipinski definition) is 4. The summed E-state index contributed by atoms with van der Waals surface area (Å²) >= 11 is 1.42. The van der Waals surface area contributed by atoms with E-state index in [1.54, 1.807) is 6.26 Å².